The Kier molecular flexibility index (Phi) is 3.54. The molecule has 18 heavy (non-hydrogen) atoms. The van der Waals surface area contributed by atoms with E-state index in [1.807, 2.05) is 13.0 Å². The maximum absolute atomic E-state index is 12.8. The van der Waals surface area contributed by atoms with Gasteiger partial charge >= 0.3 is 0 Å². The van der Waals surface area contributed by atoms with Gasteiger partial charge in [0.2, 0.25) is 0 Å². The van der Waals surface area contributed by atoms with Crippen LogP contribution in [0.1, 0.15) is 24.2 Å². The first-order chi connectivity index (χ1) is 8.69. The first kappa shape index (κ1) is 12.1. The lowest BCUT2D eigenvalue weighted by Crippen LogP contribution is -2.06. The summed E-state index contributed by atoms with van der Waals surface area (Å²) in [5, 5.41) is 11.9. The average molecular weight is 241 g/mol. The monoisotopic (exact) mass is 241 g/mol. The number of nitrogens with one attached hydrogen (secondary N) is 1. The Morgan fingerprint density at radius 1 is 1.22 bits per heavy atom. The molecule has 2 rings (SSSR count). The van der Waals surface area contributed by atoms with Crippen LogP contribution in [0, 0.1) is 17.1 Å². The third-order valence-electron chi connectivity index (χ3n) is 2.63. The number of anilines is 1. The topological polar surface area (TPSA) is 48.7 Å². The van der Waals surface area contributed by atoms with Gasteiger partial charge in [-0.15, -0.1) is 0 Å². The fraction of sp³-hybridized carbons (Fsp3) is 0.143. The van der Waals surface area contributed by atoms with Gasteiger partial charge < -0.3 is 5.32 Å². The van der Waals surface area contributed by atoms with E-state index < -0.39 is 0 Å². The first-order valence-electron chi connectivity index (χ1n) is 5.57. The van der Waals surface area contributed by atoms with Gasteiger partial charge in [-0.3, -0.25) is 0 Å². The molecule has 0 spiro atoms. The molecular formula is C14H12FN3. The Bertz CT molecular complexity index is 555. The fourth-order valence-corrected chi connectivity index (χ4v) is 1.63. The van der Waals surface area contributed by atoms with E-state index in [-0.39, 0.29) is 11.9 Å². The third kappa shape index (κ3) is 2.83. The Morgan fingerprint density at radius 2 is 1.94 bits per heavy atom. The van der Waals surface area contributed by atoms with E-state index in [9.17, 15) is 4.39 Å². The lowest BCUT2D eigenvalue weighted by Gasteiger charge is -2.15. The highest BCUT2D eigenvalue weighted by atomic mass is 19.1. The van der Waals surface area contributed by atoms with E-state index in [4.69, 9.17) is 5.26 Å². The average Bonchev–Trinajstić information content (AvgIpc) is 2.40. The number of aromatic nitrogens is 1. The van der Waals surface area contributed by atoms with E-state index in [1.165, 1.54) is 12.1 Å². The molecule has 1 heterocycles. The first-order valence-corrected chi connectivity index (χ1v) is 5.57. The van der Waals surface area contributed by atoms with Gasteiger partial charge in [-0.1, -0.05) is 12.1 Å². The fourth-order valence-electron chi connectivity index (χ4n) is 1.63. The zero-order valence-corrected chi connectivity index (χ0v) is 9.89. The number of halogens is 1. The van der Waals surface area contributed by atoms with E-state index >= 15 is 0 Å². The van der Waals surface area contributed by atoms with Crippen molar-refractivity contribution in [2.45, 2.75) is 13.0 Å². The van der Waals surface area contributed by atoms with Crippen LogP contribution >= 0.6 is 0 Å². The molecule has 0 bridgehead atoms. The molecule has 1 N–H and O–H groups in total. The number of benzene rings is 1. The third-order valence-corrected chi connectivity index (χ3v) is 2.63. The molecule has 1 unspecified atom stereocenters. The van der Waals surface area contributed by atoms with Gasteiger partial charge in [0.25, 0.3) is 0 Å². The molecule has 0 radical (unpaired) electrons. The van der Waals surface area contributed by atoms with Gasteiger partial charge in [-0.05, 0) is 36.8 Å². The number of hydrogen-bond acceptors (Lipinski definition) is 3. The van der Waals surface area contributed by atoms with Gasteiger partial charge in [0, 0.05) is 6.04 Å². The van der Waals surface area contributed by atoms with Gasteiger partial charge in [-0.25, -0.2) is 9.37 Å². The Morgan fingerprint density at radius 3 is 2.50 bits per heavy atom. The van der Waals surface area contributed by atoms with Crippen molar-refractivity contribution in [1.82, 2.24) is 4.98 Å². The van der Waals surface area contributed by atoms with E-state index in [0.29, 0.717) is 5.69 Å². The summed E-state index contributed by atoms with van der Waals surface area (Å²) < 4.78 is 12.8. The smallest absolute Gasteiger partial charge is 0.140 e. The molecule has 0 aliphatic rings. The minimum atomic E-state index is -0.244. The van der Waals surface area contributed by atoms with E-state index in [1.54, 1.807) is 30.5 Å². The normalized spacial score (nSPS) is 11.6. The highest BCUT2D eigenvalue weighted by molar-refractivity contribution is 5.45. The molecule has 4 heteroatoms. The van der Waals surface area contributed by atoms with E-state index in [2.05, 4.69) is 10.3 Å². The van der Waals surface area contributed by atoms with E-state index in [0.717, 1.165) is 11.3 Å². The molecular weight excluding hydrogens is 229 g/mol. The number of pyridine rings is 1. The van der Waals surface area contributed by atoms with Crippen molar-refractivity contribution >= 4 is 5.69 Å². The molecule has 1 atom stereocenters. The van der Waals surface area contributed by atoms with Crippen LogP contribution < -0.4 is 5.32 Å². The molecule has 0 aliphatic carbocycles. The second-order valence-corrected chi connectivity index (χ2v) is 3.96. The maximum atomic E-state index is 12.8. The molecule has 3 nitrogen and oxygen atoms in total. The molecule has 90 valence electrons. The lowest BCUT2D eigenvalue weighted by molar-refractivity contribution is 0.626. The van der Waals surface area contributed by atoms with Crippen LogP contribution in [0.2, 0.25) is 0 Å². The SMILES string of the molecule is CC(Nc1ccc(C#N)nc1)c1ccc(F)cc1. The Hall–Kier alpha value is -2.41. The zero-order chi connectivity index (χ0) is 13.0. The second-order valence-electron chi connectivity index (χ2n) is 3.96. The molecule has 0 amide bonds. The number of nitriles is 1. The summed E-state index contributed by atoms with van der Waals surface area (Å²) in [4.78, 5) is 3.97. The van der Waals surface area contributed by atoms with Crippen LogP contribution in [0.25, 0.3) is 0 Å². The highest BCUT2D eigenvalue weighted by Gasteiger charge is 2.05. The minimum Gasteiger partial charge on any atom is -0.377 e. The predicted octanol–water partition coefficient (Wildman–Crippen LogP) is 3.27. The van der Waals surface area contributed by atoms with Crippen molar-refractivity contribution in [1.29, 1.82) is 5.26 Å². The Labute approximate surface area is 105 Å². The molecule has 0 saturated carbocycles. The molecule has 0 aliphatic heterocycles. The van der Waals surface area contributed by atoms with Crippen LogP contribution in [0.15, 0.2) is 42.6 Å². The standard InChI is InChI=1S/C14H12FN3/c1-10(11-2-4-12(15)5-3-11)18-14-7-6-13(8-16)17-9-14/h2-7,9-10,18H,1H3. The number of hydrogen-bond donors (Lipinski definition) is 1. The van der Waals surface area contributed by atoms with Gasteiger partial charge in [0.05, 0.1) is 11.9 Å². The molecule has 0 fully saturated rings. The molecule has 1 aromatic heterocycles. The van der Waals surface area contributed by atoms with Gasteiger partial charge in [0.1, 0.15) is 17.6 Å². The molecule has 1 aromatic carbocycles. The van der Waals surface area contributed by atoms with Crippen LogP contribution in [0.4, 0.5) is 10.1 Å². The van der Waals surface area contributed by atoms with Gasteiger partial charge in [0.15, 0.2) is 0 Å². The van der Waals surface area contributed by atoms with Crippen molar-refractivity contribution in [2.75, 3.05) is 5.32 Å². The minimum absolute atomic E-state index is 0.0420. The Balaban J connectivity index is 2.08. The maximum Gasteiger partial charge on any atom is 0.140 e. The summed E-state index contributed by atoms with van der Waals surface area (Å²) in [6.07, 6.45) is 1.61. The van der Waals surface area contributed by atoms with Crippen LogP contribution in [0.3, 0.4) is 0 Å². The zero-order valence-electron chi connectivity index (χ0n) is 9.89. The predicted molar refractivity (Wildman–Crippen MR) is 67.4 cm³/mol. The lowest BCUT2D eigenvalue weighted by atomic mass is 10.1. The largest absolute Gasteiger partial charge is 0.377 e. The second kappa shape index (κ2) is 5.28. The quantitative estimate of drug-likeness (QED) is 0.897. The molecule has 2 aromatic rings. The summed E-state index contributed by atoms with van der Waals surface area (Å²) in [5.74, 6) is -0.244. The van der Waals surface area contributed by atoms with Crippen molar-refractivity contribution in [2.24, 2.45) is 0 Å². The van der Waals surface area contributed by atoms with Crippen molar-refractivity contribution < 1.29 is 4.39 Å². The summed E-state index contributed by atoms with van der Waals surface area (Å²) in [5.41, 5.74) is 2.20. The van der Waals surface area contributed by atoms with Crippen LogP contribution in [0.5, 0.6) is 0 Å². The van der Waals surface area contributed by atoms with Crippen LogP contribution in [-0.4, -0.2) is 4.98 Å². The molecule has 0 saturated heterocycles. The summed E-state index contributed by atoms with van der Waals surface area (Å²) in [6, 6.07) is 11.8. The summed E-state index contributed by atoms with van der Waals surface area (Å²) >= 11 is 0. The van der Waals surface area contributed by atoms with Crippen molar-refractivity contribution in [3.05, 3.63) is 59.7 Å². The van der Waals surface area contributed by atoms with Crippen LogP contribution in [-0.2, 0) is 0 Å². The van der Waals surface area contributed by atoms with Crippen molar-refractivity contribution in [3.63, 3.8) is 0 Å². The van der Waals surface area contributed by atoms with Crippen molar-refractivity contribution in [3.8, 4) is 6.07 Å². The van der Waals surface area contributed by atoms with Gasteiger partial charge in [-0.2, -0.15) is 5.26 Å². The number of rotatable bonds is 3. The highest BCUT2D eigenvalue weighted by Crippen LogP contribution is 2.18. The number of nitrogens with zero attached hydrogens (tertiary/aromatic N) is 2. The summed E-state index contributed by atoms with van der Waals surface area (Å²) in [6.45, 7) is 1.98. The summed E-state index contributed by atoms with van der Waals surface area (Å²) in [7, 11) is 0.